The largest absolute Gasteiger partial charge is 0.501 e. The highest BCUT2D eigenvalue weighted by molar-refractivity contribution is 5.94. The zero-order valence-corrected chi connectivity index (χ0v) is 15.4. The molecule has 28 heavy (non-hydrogen) atoms. The molecule has 1 fully saturated rings. The normalized spacial score (nSPS) is 17.5. The molecular weight excluding hydrogens is 365 g/mol. The topological polar surface area (TPSA) is 93.5 Å². The Labute approximate surface area is 161 Å². The van der Waals surface area contributed by atoms with Gasteiger partial charge in [0.15, 0.2) is 5.69 Å². The molecule has 0 atom stereocenters. The van der Waals surface area contributed by atoms with Crippen LogP contribution in [0.5, 0.6) is 5.75 Å². The summed E-state index contributed by atoms with van der Waals surface area (Å²) in [6, 6.07) is 6.00. The van der Waals surface area contributed by atoms with E-state index in [0.717, 1.165) is 31.2 Å². The summed E-state index contributed by atoms with van der Waals surface area (Å²) in [5.74, 6) is -1.14. The second-order valence-electron chi connectivity index (χ2n) is 7.27. The van der Waals surface area contributed by atoms with Gasteiger partial charge in [0, 0.05) is 6.54 Å². The Kier molecular flexibility index (Phi) is 4.89. The van der Waals surface area contributed by atoms with Crippen LogP contribution in [0, 0.1) is 5.82 Å². The molecule has 7 nitrogen and oxygen atoms in total. The third-order valence-electron chi connectivity index (χ3n) is 5.48. The first-order chi connectivity index (χ1) is 13.5. The van der Waals surface area contributed by atoms with E-state index in [1.54, 1.807) is 12.1 Å². The van der Waals surface area contributed by atoms with E-state index < -0.39 is 22.8 Å². The van der Waals surface area contributed by atoms with E-state index in [9.17, 15) is 19.1 Å². The first-order valence-corrected chi connectivity index (χ1v) is 9.51. The number of aromatic nitrogens is 2. The van der Waals surface area contributed by atoms with Crippen molar-refractivity contribution in [3.63, 3.8) is 0 Å². The first kappa shape index (κ1) is 18.6. The summed E-state index contributed by atoms with van der Waals surface area (Å²) >= 11 is 0. The minimum atomic E-state index is -0.645. The number of halogens is 1. The summed E-state index contributed by atoms with van der Waals surface area (Å²) in [7, 11) is 0. The highest BCUT2D eigenvalue weighted by Gasteiger charge is 2.44. The molecule has 2 N–H and O–H groups in total. The predicted molar refractivity (Wildman–Crippen MR) is 98.7 cm³/mol. The van der Waals surface area contributed by atoms with Crippen molar-refractivity contribution in [2.75, 3.05) is 13.2 Å². The van der Waals surface area contributed by atoms with Gasteiger partial charge >= 0.3 is 0 Å². The second-order valence-corrected chi connectivity index (χ2v) is 7.27. The minimum Gasteiger partial charge on any atom is -0.501 e. The molecule has 1 aliphatic carbocycles. The number of nitrogens with one attached hydrogen (secondary N) is 1. The van der Waals surface area contributed by atoms with Gasteiger partial charge in [0.2, 0.25) is 5.75 Å². The first-order valence-electron chi connectivity index (χ1n) is 9.51. The fraction of sp³-hybridized carbons (Fsp3) is 0.450. The van der Waals surface area contributed by atoms with Crippen molar-refractivity contribution in [3.8, 4) is 5.75 Å². The van der Waals surface area contributed by atoms with E-state index in [4.69, 9.17) is 4.74 Å². The molecule has 1 aromatic heterocycles. The van der Waals surface area contributed by atoms with E-state index in [1.165, 1.54) is 16.7 Å². The maximum Gasteiger partial charge on any atom is 0.296 e. The van der Waals surface area contributed by atoms with Crippen molar-refractivity contribution >= 4 is 5.91 Å². The number of carbonyl (C=O) groups excluding carboxylic acids is 1. The van der Waals surface area contributed by atoms with Crippen LogP contribution in [0.1, 0.15) is 47.6 Å². The molecule has 0 radical (unpaired) electrons. The Morgan fingerprint density at radius 2 is 2.00 bits per heavy atom. The van der Waals surface area contributed by atoms with Crippen molar-refractivity contribution in [2.45, 2.75) is 44.2 Å². The molecule has 0 bridgehead atoms. The average Bonchev–Trinajstić information content (AvgIpc) is 3.15. The Hall–Kier alpha value is -2.74. The van der Waals surface area contributed by atoms with Crippen molar-refractivity contribution in [1.82, 2.24) is 14.9 Å². The molecule has 1 spiro atoms. The van der Waals surface area contributed by atoms with Crippen molar-refractivity contribution in [1.29, 1.82) is 0 Å². The minimum absolute atomic E-state index is 0.269. The molecule has 2 aliphatic rings. The summed E-state index contributed by atoms with van der Waals surface area (Å²) in [6.45, 7) is 0.964. The molecule has 2 heterocycles. The lowest BCUT2D eigenvalue weighted by molar-refractivity contribution is -0.0789. The molecule has 4 rings (SSSR count). The van der Waals surface area contributed by atoms with Crippen molar-refractivity contribution < 1.29 is 19.0 Å². The average molecular weight is 387 g/mol. The number of amides is 1. The number of hydrogen-bond donors (Lipinski definition) is 2. The summed E-state index contributed by atoms with van der Waals surface area (Å²) in [5.41, 5.74) is -0.660. The maximum atomic E-state index is 13.0. The van der Waals surface area contributed by atoms with Gasteiger partial charge in [-0.15, -0.1) is 0 Å². The van der Waals surface area contributed by atoms with Crippen molar-refractivity contribution in [2.24, 2.45) is 0 Å². The highest BCUT2D eigenvalue weighted by atomic mass is 19.1. The number of fused-ring (bicyclic) bond motifs is 2. The van der Waals surface area contributed by atoms with E-state index in [1.807, 2.05) is 0 Å². The fourth-order valence-electron chi connectivity index (χ4n) is 4.02. The monoisotopic (exact) mass is 387 g/mol. The standard InChI is InChI=1S/C20H22FN3O4/c21-14-5-3-13(4-6-14)7-10-22-17(26)15-16(25)18(27)24-11-12-28-20(19(24)23-15)8-1-2-9-20/h3-6,25H,1-2,7-12H2,(H,22,26). The molecule has 0 unspecified atom stereocenters. The van der Waals surface area contributed by atoms with Crippen LogP contribution in [0.3, 0.4) is 0 Å². The molecule has 1 saturated carbocycles. The lowest BCUT2D eigenvalue weighted by atomic mass is 9.99. The number of benzene rings is 1. The smallest absolute Gasteiger partial charge is 0.296 e. The SMILES string of the molecule is O=C(NCCc1ccc(F)cc1)c1nc2n(c(=O)c1O)CCOC21CCCC1. The van der Waals surface area contributed by atoms with Crippen LogP contribution >= 0.6 is 0 Å². The van der Waals surface area contributed by atoms with Crippen LogP contribution in [0.4, 0.5) is 4.39 Å². The number of rotatable bonds is 4. The second kappa shape index (κ2) is 7.35. The Morgan fingerprint density at radius 3 is 2.71 bits per heavy atom. The van der Waals surface area contributed by atoms with Crippen LogP contribution in [0.15, 0.2) is 29.1 Å². The maximum absolute atomic E-state index is 13.0. The zero-order chi connectivity index (χ0) is 19.7. The molecule has 0 saturated heterocycles. The summed E-state index contributed by atoms with van der Waals surface area (Å²) in [6.07, 6.45) is 3.92. The summed E-state index contributed by atoms with van der Waals surface area (Å²) in [5, 5.41) is 12.9. The third kappa shape index (κ3) is 3.28. The predicted octanol–water partition coefficient (Wildman–Crippen LogP) is 1.86. The molecule has 1 aliphatic heterocycles. The highest BCUT2D eigenvalue weighted by Crippen LogP contribution is 2.42. The number of aromatic hydroxyl groups is 1. The third-order valence-corrected chi connectivity index (χ3v) is 5.48. The molecule has 1 amide bonds. The lowest BCUT2D eigenvalue weighted by Crippen LogP contribution is -2.44. The summed E-state index contributed by atoms with van der Waals surface area (Å²) < 4.78 is 20.4. The molecule has 1 aromatic carbocycles. The quantitative estimate of drug-likeness (QED) is 0.835. The molecular formula is C20H22FN3O4. The number of carbonyl (C=O) groups is 1. The number of nitrogens with zero attached hydrogens (tertiary/aromatic N) is 2. The van der Waals surface area contributed by atoms with E-state index in [-0.39, 0.29) is 18.1 Å². The molecule has 8 heteroatoms. The Morgan fingerprint density at radius 1 is 1.29 bits per heavy atom. The fourth-order valence-corrected chi connectivity index (χ4v) is 4.02. The van der Waals surface area contributed by atoms with Crippen LogP contribution in [0.2, 0.25) is 0 Å². The van der Waals surface area contributed by atoms with Crippen LogP contribution in [-0.2, 0) is 23.3 Å². The molecule has 148 valence electrons. The van der Waals surface area contributed by atoms with Gasteiger partial charge in [0.25, 0.3) is 11.5 Å². The van der Waals surface area contributed by atoms with Crippen LogP contribution in [-0.4, -0.2) is 33.7 Å². The number of ether oxygens (including phenoxy) is 1. The number of hydrogen-bond acceptors (Lipinski definition) is 5. The van der Waals surface area contributed by atoms with Gasteiger partial charge in [-0.1, -0.05) is 12.1 Å². The van der Waals surface area contributed by atoms with E-state index >= 15 is 0 Å². The van der Waals surface area contributed by atoms with Gasteiger partial charge < -0.3 is 15.2 Å². The lowest BCUT2D eigenvalue weighted by Gasteiger charge is -2.35. The van der Waals surface area contributed by atoms with Gasteiger partial charge in [-0.3, -0.25) is 14.2 Å². The Bertz CT molecular complexity index is 949. The van der Waals surface area contributed by atoms with Gasteiger partial charge in [-0.05, 0) is 49.8 Å². The van der Waals surface area contributed by atoms with E-state index in [2.05, 4.69) is 10.3 Å². The van der Waals surface area contributed by atoms with Gasteiger partial charge in [0.1, 0.15) is 17.2 Å². The van der Waals surface area contributed by atoms with Crippen LogP contribution in [0.25, 0.3) is 0 Å². The zero-order valence-electron chi connectivity index (χ0n) is 15.4. The van der Waals surface area contributed by atoms with Gasteiger partial charge in [0.05, 0.1) is 13.2 Å². The summed E-state index contributed by atoms with van der Waals surface area (Å²) in [4.78, 5) is 29.5. The Balaban J connectivity index is 1.55. The van der Waals surface area contributed by atoms with Crippen molar-refractivity contribution in [3.05, 3.63) is 57.5 Å². The molecule has 2 aromatic rings. The van der Waals surface area contributed by atoms with E-state index in [0.29, 0.717) is 25.4 Å². The van der Waals surface area contributed by atoms with Gasteiger partial charge in [-0.25, -0.2) is 9.37 Å². The van der Waals surface area contributed by atoms with Gasteiger partial charge in [-0.2, -0.15) is 0 Å². The van der Waals surface area contributed by atoms with Crippen LogP contribution < -0.4 is 10.9 Å².